The van der Waals surface area contributed by atoms with E-state index in [0.29, 0.717) is 0 Å². The average molecular weight is 186 g/mol. The second-order valence-corrected chi connectivity index (χ2v) is 4.07. The van der Waals surface area contributed by atoms with Gasteiger partial charge in [-0.2, -0.15) is 0 Å². The lowest BCUT2D eigenvalue weighted by atomic mass is 10.1. The molecule has 0 radical (unpaired) electrons. The van der Waals surface area contributed by atoms with Crippen molar-refractivity contribution in [2.75, 3.05) is 46.9 Å². The highest BCUT2D eigenvalue weighted by Crippen LogP contribution is 2.14. The Kier molecular flexibility index (Phi) is 5.35. The third-order valence-corrected chi connectivity index (χ3v) is 2.49. The lowest BCUT2D eigenvalue weighted by Crippen LogP contribution is -2.28. The van der Waals surface area contributed by atoms with E-state index >= 15 is 0 Å². The first-order valence-electron chi connectivity index (χ1n) is 5.22. The van der Waals surface area contributed by atoms with E-state index in [1.165, 1.54) is 12.8 Å². The Morgan fingerprint density at radius 2 is 2.23 bits per heavy atom. The molecule has 0 spiro atoms. The Bertz CT molecular complexity index is 122. The minimum absolute atomic E-state index is 0.812. The Hall–Kier alpha value is -0.120. The standard InChI is InChI=1S/C10H22N2O/c1-12(2)7-6-11-5-3-10-4-8-13-9-10/h10-11H,3-9H2,1-2H3. The first-order chi connectivity index (χ1) is 6.29. The van der Waals surface area contributed by atoms with Crippen LogP contribution < -0.4 is 5.32 Å². The van der Waals surface area contributed by atoms with E-state index in [2.05, 4.69) is 24.3 Å². The molecule has 1 rings (SSSR count). The highest BCUT2D eigenvalue weighted by atomic mass is 16.5. The van der Waals surface area contributed by atoms with E-state index in [-0.39, 0.29) is 0 Å². The molecule has 0 aromatic carbocycles. The fraction of sp³-hybridized carbons (Fsp3) is 1.00. The number of likely N-dealkylation sites (N-methyl/N-ethyl adjacent to an activating group) is 1. The lowest BCUT2D eigenvalue weighted by molar-refractivity contribution is 0.184. The number of nitrogens with one attached hydrogen (secondary N) is 1. The summed E-state index contributed by atoms with van der Waals surface area (Å²) in [6.07, 6.45) is 2.53. The summed E-state index contributed by atoms with van der Waals surface area (Å²) >= 11 is 0. The molecular formula is C10H22N2O. The van der Waals surface area contributed by atoms with Gasteiger partial charge in [0.1, 0.15) is 0 Å². The summed E-state index contributed by atoms with van der Waals surface area (Å²) in [6, 6.07) is 0. The molecule has 0 saturated carbocycles. The topological polar surface area (TPSA) is 24.5 Å². The van der Waals surface area contributed by atoms with E-state index in [4.69, 9.17) is 4.74 Å². The average Bonchev–Trinajstić information content (AvgIpc) is 2.55. The van der Waals surface area contributed by atoms with Gasteiger partial charge in [-0.15, -0.1) is 0 Å². The Balaban J connectivity index is 1.83. The quantitative estimate of drug-likeness (QED) is 0.614. The lowest BCUT2D eigenvalue weighted by Gasteiger charge is -2.11. The molecule has 1 unspecified atom stereocenters. The maximum absolute atomic E-state index is 5.32. The van der Waals surface area contributed by atoms with Crippen LogP contribution >= 0.6 is 0 Å². The van der Waals surface area contributed by atoms with Gasteiger partial charge in [-0.25, -0.2) is 0 Å². The Morgan fingerprint density at radius 3 is 2.85 bits per heavy atom. The van der Waals surface area contributed by atoms with Crippen LogP contribution in [-0.4, -0.2) is 51.8 Å². The zero-order valence-corrected chi connectivity index (χ0v) is 8.88. The van der Waals surface area contributed by atoms with Crippen molar-refractivity contribution >= 4 is 0 Å². The number of hydrogen-bond donors (Lipinski definition) is 1. The van der Waals surface area contributed by atoms with E-state index in [1.807, 2.05) is 0 Å². The summed E-state index contributed by atoms with van der Waals surface area (Å²) in [6.45, 7) is 5.32. The molecule has 1 saturated heterocycles. The van der Waals surface area contributed by atoms with Gasteiger partial charge >= 0.3 is 0 Å². The SMILES string of the molecule is CN(C)CCNCCC1CCOC1. The van der Waals surface area contributed by atoms with Crippen molar-refractivity contribution in [2.24, 2.45) is 5.92 Å². The van der Waals surface area contributed by atoms with Crippen LogP contribution in [0.5, 0.6) is 0 Å². The van der Waals surface area contributed by atoms with Crippen molar-refractivity contribution in [3.63, 3.8) is 0 Å². The van der Waals surface area contributed by atoms with Crippen molar-refractivity contribution in [1.29, 1.82) is 0 Å². The molecule has 0 bridgehead atoms. The monoisotopic (exact) mass is 186 g/mol. The van der Waals surface area contributed by atoms with Gasteiger partial charge < -0.3 is 15.0 Å². The summed E-state index contributed by atoms with van der Waals surface area (Å²) in [4.78, 5) is 2.20. The molecule has 1 atom stereocenters. The van der Waals surface area contributed by atoms with E-state index in [9.17, 15) is 0 Å². The smallest absolute Gasteiger partial charge is 0.0495 e. The zero-order chi connectivity index (χ0) is 9.52. The summed E-state index contributed by atoms with van der Waals surface area (Å²) in [5.41, 5.74) is 0. The summed E-state index contributed by atoms with van der Waals surface area (Å²) in [5.74, 6) is 0.812. The van der Waals surface area contributed by atoms with Crippen molar-refractivity contribution in [3.05, 3.63) is 0 Å². The maximum atomic E-state index is 5.32. The van der Waals surface area contributed by atoms with Crippen LogP contribution in [-0.2, 0) is 4.74 Å². The maximum Gasteiger partial charge on any atom is 0.0495 e. The minimum atomic E-state index is 0.812. The molecule has 3 nitrogen and oxygen atoms in total. The summed E-state index contributed by atoms with van der Waals surface area (Å²) < 4.78 is 5.32. The van der Waals surface area contributed by atoms with Crippen molar-refractivity contribution in [3.8, 4) is 0 Å². The predicted octanol–water partition coefficient (Wildman–Crippen LogP) is 0.564. The van der Waals surface area contributed by atoms with Crippen LogP contribution in [0.1, 0.15) is 12.8 Å². The Morgan fingerprint density at radius 1 is 1.38 bits per heavy atom. The number of hydrogen-bond acceptors (Lipinski definition) is 3. The van der Waals surface area contributed by atoms with Crippen molar-refractivity contribution < 1.29 is 4.74 Å². The van der Waals surface area contributed by atoms with Gasteiger partial charge in [0, 0.05) is 26.3 Å². The molecule has 0 aliphatic carbocycles. The third kappa shape index (κ3) is 5.24. The molecule has 1 aliphatic rings. The zero-order valence-electron chi connectivity index (χ0n) is 8.88. The molecule has 1 aliphatic heterocycles. The van der Waals surface area contributed by atoms with Crippen LogP contribution in [0.15, 0.2) is 0 Å². The number of rotatable bonds is 6. The minimum Gasteiger partial charge on any atom is -0.381 e. The molecule has 78 valence electrons. The van der Waals surface area contributed by atoms with Gasteiger partial charge in [0.15, 0.2) is 0 Å². The second-order valence-electron chi connectivity index (χ2n) is 4.07. The highest BCUT2D eigenvalue weighted by molar-refractivity contribution is 4.65. The molecule has 1 fully saturated rings. The van der Waals surface area contributed by atoms with E-state index in [0.717, 1.165) is 38.8 Å². The molecule has 0 aromatic heterocycles. The van der Waals surface area contributed by atoms with Crippen LogP contribution in [0.25, 0.3) is 0 Å². The van der Waals surface area contributed by atoms with Gasteiger partial charge in [0.25, 0.3) is 0 Å². The fourth-order valence-electron chi connectivity index (χ4n) is 1.54. The van der Waals surface area contributed by atoms with Gasteiger partial charge in [0.2, 0.25) is 0 Å². The first kappa shape index (κ1) is 11.0. The van der Waals surface area contributed by atoms with Crippen molar-refractivity contribution in [1.82, 2.24) is 10.2 Å². The molecule has 1 heterocycles. The van der Waals surface area contributed by atoms with Crippen molar-refractivity contribution in [2.45, 2.75) is 12.8 Å². The van der Waals surface area contributed by atoms with Gasteiger partial charge in [-0.05, 0) is 39.4 Å². The molecule has 3 heteroatoms. The summed E-state index contributed by atoms with van der Waals surface area (Å²) in [7, 11) is 4.21. The molecule has 1 N–H and O–H groups in total. The molecule has 13 heavy (non-hydrogen) atoms. The second kappa shape index (κ2) is 6.35. The number of ether oxygens (including phenoxy) is 1. The number of nitrogens with zero attached hydrogens (tertiary/aromatic N) is 1. The van der Waals surface area contributed by atoms with Crippen LogP contribution in [0.4, 0.5) is 0 Å². The van der Waals surface area contributed by atoms with Crippen LogP contribution in [0.3, 0.4) is 0 Å². The van der Waals surface area contributed by atoms with Gasteiger partial charge in [-0.3, -0.25) is 0 Å². The third-order valence-electron chi connectivity index (χ3n) is 2.49. The van der Waals surface area contributed by atoms with Gasteiger partial charge in [-0.1, -0.05) is 0 Å². The van der Waals surface area contributed by atoms with Crippen LogP contribution in [0.2, 0.25) is 0 Å². The Labute approximate surface area is 81.4 Å². The largest absolute Gasteiger partial charge is 0.381 e. The molecular weight excluding hydrogens is 164 g/mol. The van der Waals surface area contributed by atoms with Gasteiger partial charge in [0.05, 0.1) is 0 Å². The fourth-order valence-corrected chi connectivity index (χ4v) is 1.54. The predicted molar refractivity (Wildman–Crippen MR) is 55.0 cm³/mol. The molecule has 0 amide bonds. The normalized spacial score (nSPS) is 22.8. The first-order valence-corrected chi connectivity index (χ1v) is 5.22. The van der Waals surface area contributed by atoms with E-state index in [1.54, 1.807) is 0 Å². The molecule has 0 aromatic rings. The van der Waals surface area contributed by atoms with E-state index < -0.39 is 0 Å². The summed E-state index contributed by atoms with van der Waals surface area (Å²) in [5, 5.41) is 3.45. The van der Waals surface area contributed by atoms with Crippen LogP contribution in [0, 0.1) is 5.92 Å². The highest BCUT2D eigenvalue weighted by Gasteiger charge is 2.14.